The molecule has 0 spiro atoms. The molecular weight excluding hydrogens is 352 g/mol. The zero-order chi connectivity index (χ0) is 19.6. The van der Waals surface area contributed by atoms with E-state index in [1.54, 1.807) is 0 Å². The molecule has 0 aliphatic heterocycles. The Morgan fingerprint density at radius 3 is 1.36 bits per heavy atom. The Morgan fingerprint density at radius 2 is 1.00 bits per heavy atom. The highest BCUT2D eigenvalue weighted by Gasteiger charge is 2.49. The van der Waals surface area contributed by atoms with Crippen LogP contribution in [0.5, 0.6) is 0 Å². The van der Waals surface area contributed by atoms with Gasteiger partial charge < -0.3 is 0 Å². The summed E-state index contributed by atoms with van der Waals surface area (Å²) in [5.41, 5.74) is 2.07. The molecule has 3 aromatic rings. The van der Waals surface area contributed by atoms with Gasteiger partial charge in [-0.15, -0.1) is 0 Å². The minimum atomic E-state index is -2.32. The molecule has 1 atom stereocenters. The van der Waals surface area contributed by atoms with Gasteiger partial charge in [0.15, 0.2) is 8.07 Å². The van der Waals surface area contributed by atoms with E-state index >= 15 is 0 Å². The Kier molecular flexibility index (Phi) is 4.95. The summed E-state index contributed by atoms with van der Waals surface area (Å²) in [5.74, 6) is 0. The van der Waals surface area contributed by atoms with Crippen molar-refractivity contribution < 1.29 is 0 Å². The maximum Gasteiger partial charge on any atom is 0.158 e. The second-order valence-corrected chi connectivity index (χ2v) is 12.6. The molecule has 0 amide bonds. The molecule has 0 saturated carbocycles. The van der Waals surface area contributed by atoms with Crippen LogP contribution in [-0.2, 0) is 0 Å². The molecule has 0 bridgehead atoms. The zero-order valence-electron chi connectivity index (χ0n) is 17.0. The van der Waals surface area contributed by atoms with E-state index in [-0.39, 0.29) is 5.41 Å². The van der Waals surface area contributed by atoms with Gasteiger partial charge in [0.2, 0.25) is 0 Å². The molecule has 3 aromatic carbocycles. The van der Waals surface area contributed by atoms with E-state index in [0.717, 1.165) is 0 Å². The summed E-state index contributed by atoms with van der Waals surface area (Å²) in [6, 6.07) is 33.6. The zero-order valence-corrected chi connectivity index (χ0v) is 18.0. The highest BCUT2D eigenvalue weighted by Crippen LogP contribution is 2.44. The van der Waals surface area contributed by atoms with Gasteiger partial charge in [0.1, 0.15) is 0 Å². The predicted molar refractivity (Wildman–Crippen MR) is 124 cm³/mol. The van der Waals surface area contributed by atoms with E-state index in [1.165, 1.54) is 21.1 Å². The first-order valence-corrected chi connectivity index (χ1v) is 12.2. The third-order valence-electron chi connectivity index (χ3n) is 5.93. The first kappa shape index (κ1) is 18.7. The maximum absolute atomic E-state index is 2.46. The Labute approximate surface area is 170 Å². The fourth-order valence-electron chi connectivity index (χ4n) is 4.71. The molecule has 0 fully saturated rings. The molecule has 0 saturated heterocycles. The molecule has 0 heterocycles. The van der Waals surface area contributed by atoms with Crippen molar-refractivity contribution in [3.05, 3.63) is 115 Å². The maximum atomic E-state index is 2.46. The van der Waals surface area contributed by atoms with E-state index in [1.807, 2.05) is 0 Å². The molecule has 1 heteroatoms. The molecule has 28 heavy (non-hydrogen) atoms. The topological polar surface area (TPSA) is 0 Å². The van der Waals surface area contributed by atoms with Crippen LogP contribution in [0.4, 0.5) is 0 Å². The van der Waals surface area contributed by atoms with Gasteiger partial charge in [-0.1, -0.05) is 136 Å². The van der Waals surface area contributed by atoms with Crippen LogP contribution in [-0.4, -0.2) is 8.07 Å². The minimum absolute atomic E-state index is 0.130. The lowest BCUT2D eigenvalue weighted by atomic mass is 9.85. The van der Waals surface area contributed by atoms with Gasteiger partial charge in [0, 0.05) is 5.54 Å². The van der Waals surface area contributed by atoms with Crippen LogP contribution >= 0.6 is 0 Å². The van der Waals surface area contributed by atoms with Crippen LogP contribution in [0.3, 0.4) is 0 Å². The molecule has 1 aliphatic carbocycles. The molecule has 0 nitrogen and oxygen atoms in total. The SMILES string of the molecule is CC(C)(C)C1=CC=CC1[Si](c1ccccc1)(c1ccccc1)c1ccccc1. The summed E-state index contributed by atoms with van der Waals surface area (Å²) < 4.78 is 0. The first-order valence-electron chi connectivity index (χ1n) is 10.1. The monoisotopic (exact) mass is 380 g/mol. The van der Waals surface area contributed by atoms with Crippen molar-refractivity contribution in [3.63, 3.8) is 0 Å². The molecule has 1 unspecified atom stereocenters. The lowest BCUT2D eigenvalue weighted by Gasteiger charge is -2.42. The fourth-order valence-corrected chi connectivity index (χ4v) is 10.3. The average molecular weight is 381 g/mol. The highest BCUT2D eigenvalue weighted by molar-refractivity contribution is 7.13. The summed E-state index contributed by atoms with van der Waals surface area (Å²) in [5, 5.41) is 4.41. The van der Waals surface area contributed by atoms with Crippen molar-refractivity contribution in [1.29, 1.82) is 0 Å². The van der Waals surface area contributed by atoms with Gasteiger partial charge in [-0.2, -0.15) is 0 Å². The number of rotatable bonds is 4. The molecule has 4 rings (SSSR count). The molecular formula is C27H28Si. The van der Waals surface area contributed by atoms with Crippen LogP contribution in [0.1, 0.15) is 20.8 Å². The van der Waals surface area contributed by atoms with Crippen molar-refractivity contribution in [3.8, 4) is 0 Å². The van der Waals surface area contributed by atoms with Gasteiger partial charge in [-0.05, 0) is 21.0 Å². The predicted octanol–water partition coefficient (Wildman–Crippen LogP) is 5.07. The van der Waals surface area contributed by atoms with Gasteiger partial charge in [-0.3, -0.25) is 0 Å². The van der Waals surface area contributed by atoms with Gasteiger partial charge in [0.25, 0.3) is 0 Å². The Hall–Kier alpha value is -2.64. The summed E-state index contributed by atoms with van der Waals surface area (Å²) in [4.78, 5) is 0. The number of benzene rings is 3. The summed E-state index contributed by atoms with van der Waals surface area (Å²) in [7, 11) is -2.32. The van der Waals surface area contributed by atoms with Crippen molar-refractivity contribution in [2.45, 2.75) is 26.3 Å². The Balaban J connectivity index is 2.08. The van der Waals surface area contributed by atoms with E-state index in [2.05, 4.69) is 130 Å². The third-order valence-corrected chi connectivity index (χ3v) is 11.1. The normalized spacial score (nSPS) is 16.8. The van der Waals surface area contributed by atoms with Gasteiger partial charge in [-0.25, -0.2) is 0 Å². The number of allylic oxidation sites excluding steroid dienone is 4. The van der Waals surface area contributed by atoms with Gasteiger partial charge in [0.05, 0.1) is 0 Å². The van der Waals surface area contributed by atoms with E-state index in [4.69, 9.17) is 0 Å². The number of hydrogen-bond donors (Lipinski definition) is 0. The molecule has 0 aromatic heterocycles. The fraction of sp³-hybridized carbons (Fsp3) is 0.185. The van der Waals surface area contributed by atoms with E-state index in [9.17, 15) is 0 Å². The second-order valence-electron chi connectivity index (χ2n) is 8.64. The molecule has 0 N–H and O–H groups in total. The molecule has 140 valence electrons. The molecule has 1 aliphatic rings. The standard InChI is InChI=1S/C27H28Si/c1-27(2,3)25-20-13-21-26(25)28(22-14-7-4-8-15-22,23-16-9-5-10-17-23)24-18-11-6-12-19-24/h4-21,26H,1-3H3. The highest BCUT2D eigenvalue weighted by atomic mass is 28.3. The Bertz CT molecular complexity index is 880. The lowest BCUT2D eigenvalue weighted by Crippen LogP contribution is -2.70. The smallest absolute Gasteiger partial charge is 0.0790 e. The first-order chi connectivity index (χ1) is 13.5. The van der Waals surface area contributed by atoms with E-state index in [0.29, 0.717) is 5.54 Å². The van der Waals surface area contributed by atoms with Crippen molar-refractivity contribution in [2.75, 3.05) is 0 Å². The van der Waals surface area contributed by atoms with E-state index < -0.39 is 8.07 Å². The quantitative estimate of drug-likeness (QED) is 0.438. The summed E-state index contributed by atoms with van der Waals surface area (Å²) in [6.07, 6.45) is 7.10. The van der Waals surface area contributed by atoms with Crippen LogP contribution < -0.4 is 15.6 Å². The minimum Gasteiger partial charge on any atom is -0.0790 e. The van der Waals surface area contributed by atoms with Crippen LogP contribution in [0.15, 0.2) is 115 Å². The molecule has 0 radical (unpaired) electrons. The van der Waals surface area contributed by atoms with Gasteiger partial charge >= 0.3 is 0 Å². The van der Waals surface area contributed by atoms with Crippen LogP contribution in [0.25, 0.3) is 0 Å². The third kappa shape index (κ3) is 3.10. The second kappa shape index (κ2) is 7.41. The summed E-state index contributed by atoms with van der Waals surface area (Å²) in [6.45, 7) is 7.04. The van der Waals surface area contributed by atoms with Crippen molar-refractivity contribution in [1.82, 2.24) is 0 Å². The van der Waals surface area contributed by atoms with Crippen LogP contribution in [0.2, 0.25) is 5.54 Å². The van der Waals surface area contributed by atoms with Crippen molar-refractivity contribution in [2.24, 2.45) is 5.41 Å². The Morgan fingerprint density at radius 1 is 0.607 bits per heavy atom. The number of hydrogen-bond acceptors (Lipinski definition) is 0. The average Bonchev–Trinajstić information content (AvgIpc) is 3.22. The lowest BCUT2D eigenvalue weighted by molar-refractivity contribution is 0.495. The summed E-state index contributed by atoms with van der Waals surface area (Å²) >= 11 is 0. The van der Waals surface area contributed by atoms with Crippen molar-refractivity contribution >= 4 is 23.6 Å². The van der Waals surface area contributed by atoms with Crippen LogP contribution in [0, 0.1) is 5.41 Å². The largest absolute Gasteiger partial charge is 0.158 e.